The quantitative estimate of drug-likeness (QED) is 0.204. The molecule has 2 rings (SSSR count). The predicted molar refractivity (Wildman–Crippen MR) is 134 cm³/mol. The van der Waals surface area contributed by atoms with Crippen LogP contribution in [0, 0.1) is 0 Å². The summed E-state index contributed by atoms with van der Waals surface area (Å²) in [5.41, 5.74) is -1.39. The normalized spacial score (nSPS) is 15.3. The summed E-state index contributed by atoms with van der Waals surface area (Å²) in [6, 6.07) is 0. The molecule has 7 nitrogen and oxygen atoms in total. The molecule has 0 bridgehead atoms. The molecule has 33 heavy (non-hydrogen) atoms. The lowest BCUT2D eigenvalue weighted by molar-refractivity contribution is 0.354. The Morgan fingerprint density at radius 1 is 0.576 bits per heavy atom. The second-order valence-corrected chi connectivity index (χ2v) is 9.67. The SMILES string of the molecule is CCCCCCCCCCn1c(=O)n(CCCCCCCCCC)c(=O)n(CC2CO2)c1=O. The van der Waals surface area contributed by atoms with Gasteiger partial charge in [0.05, 0.1) is 19.3 Å². The van der Waals surface area contributed by atoms with Crippen LogP contribution in [0.25, 0.3) is 0 Å². The first-order chi connectivity index (χ1) is 16.1. The summed E-state index contributed by atoms with van der Waals surface area (Å²) < 4.78 is 9.03. The lowest BCUT2D eigenvalue weighted by Crippen LogP contribution is -2.55. The molecule has 0 radical (unpaired) electrons. The highest BCUT2D eigenvalue weighted by Crippen LogP contribution is 2.11. The average Bonchev–Trinajstić information content (AvgIpc) is 3.63. The van der Waals surface area contributed by atoms with E-state index >= 15 is 0 Å². The molecule has 0 saturated carbocycles. The zero-order chi connectivity index (χ0) is 23.9. The van der Waals surface area contributed by atoms with Crippen LogP contribution in [-0.2, 0) is 24.4 Å². The van der Waals surface area contributed by atoms with E-state index in [-0.39, 0.29) is 12.6 Å². The molecule has 1 atom stereocenters. The van der Waals surface area contributed by atoms with Crippen molar-refractivity contribution < 1.29 is 4.74 Å². The summed E-state index contributed by atoms with van der Waals surface area (Å²) in [4.78, 5) is 38.9. The summed E-state index contributed by atoms with van der Waals surface area (Å²) in [6.45, 7) is 6.02. The fourth-order valence-corrected chi connectivity index (χ4v) is 4.41. The van der Waals surface area contributed by atoms with Crippen molar-refractivity contribution in [2.24, 2.45) is 0 Å². The Labute approximate surface area is 199 Å². The van der Waals surface area contributed by atoms with E-state index in [9.17, 15) is 14.4 Å². The third-order valence-electron chi connectivity index (χ3n) is 6.64. The van der Waals surface area contributed by atoms with Gasteiger partial charge in [-0.3, -0.25) is 0 Å². The van der Waals surface area contributed by atoms with Crippen molar-refractivity contribution in [2.75, 3.05) is 6.61 Å². The van der Waals surface area contributed by atoms with Crippen molar-refractivity contribution >= 4 is 0 Å². The molecule has 0 amide bonds. The van der Waals surface area contributed by atoms with E-state index in [4.69, 9.17) is 4.74 Å². The van der Waals surface area contributed by atoms with E-state index in [0.717, 1.165) is 38.5 Å². The summed E-state index contributed by atoms with van der Waals surface area (Å²) in [7, 11) is 0. The number of hydrogen-bond donors (Lipinski definition) is 0. The first-order valence-corrected chi connectivity index (χ1v) is 13.7. The van der Waals surface area contributed by atoms with Crippen LogP contribution in [0.15, 0.2) is 14.4 Å². The second-order valence-electron chi connectivity index (χ2n) is 9.67. The Morgan fingerprint density at radius 2 is 0.909 bits per heavy atom. The molecule has 2 heterocycles. The van der Waals surface area contributed by atoms with Crippen LogP contribution < -0.4 is 17.1 Å². The molecule has 1 fully saturated rings. The highest BCUT2D eigenvalue weighted by atomic mass is 16.6. The highest BCUT2D eigenvalue weighted by molar-refractivity contribution is 4.82. The Morgan fingerprint density at radius 3 is 1.27 bits per heavy atom. The molecule has 190 valence electrons. The Balaban J connectivity index is 1.93. The van der Waals surface area contributed by atoms with Crippen molar-refractivity contribution in [3.8, 4) is 0 Å². The maximum Gasteiger partial charge on any atom is 0.336 e. The molecular weight excluding hydrogens is 418 g/mol. The van der Waals surface area contributed by atoms with Gasteiger partial charge in [-0.1, -0.05) is 104 Å². The van der Waals surface area contributed by atoms with Gasteiger partial charge in [0.1, 0.15) is 0 Å². The van der Waals surface area contributed by atoms with E-state index in [1.54, 1.807) is 0 Å². The molecule has 1 aliphatic rings. The molecule has 1 aliphatic heterocycles. The van der Waals surface area contributed by atoms with Gasteiger partial charge in [0.15, 0.2) is 0 Å². The number of epoxide rings is 1. The first-order valence-electron chi connectivity index (χ1n) is 13.7. The molecule has 1 aromatic heterocycles. The lowest BCUT2D eigenvalue weighted by atomic mass is 10.1. The van der Waals surface area contributed by atoms with Gasteiger partial charge < -0.3 is 4.74 Å². The number of ether oxygens (including phenoxy) is 1. The molecule has 1 saturated heterocycles. The van der Waals surface area contributed by atoms with Gasteiger partial charge >= 0.3 is 17.1 Å². The van der Waals surface area contributed by atoms with Gasteiger partial charge in [-0.25, -0.2) is 28.1 Å². The van der Waals surface area contributed by atoms with Crippen LogP contribution in [0.3, 0.4) is 0 Å². The van der Waals surface area contributed by atoms with E-state index in [2.05, 4.69) is 13.8 Å². The number of unbranched alkanes of at least 4 members (excludes halogenated alkanes) is 14. The summed E-state index contributed by atoms with van der Waals surface area (Å²) in [5, 5.41) is 0. The minimum absolute atomic E-state index is 0.0824. The Hall–Kier alpha value is -1.63. The monoisotopic (exact) mass is 465 g/mol. The third kappa shape index (κ3) is 10.0. The Kier molecular flexibility index (Phi) is 13.5. The third-order valence-corrected chi connectivity index (χ3v) is 6.64. The zero-order valence-electron chi connectivity index (χ0n) is 21.2. The van der Waals surface area contributed by atoms with Gasteiger partial charge in [0, 0.05) is 13.1 Å². The van der Waals surface area contributed by atoms with Crippen molar-refractivity contribution in [3.05, 3.63) is 31.5 Å². The lowest BCUT2D eigenvalue weighted by Gasteiger charge is -2.13. The maximum atomic E-state index is 13.0. The van der Waals surface area contributed by atoms with Gasteiger partial charge in [0.2, 0.25) is 0 Å². The highest BCUT2D eigenvalue weighted by Gasteiger charge is 2.26. The molecule has 1 unspecified atom stereocenters. The van der Waals surface area contributed by atoms with E-state index in [1.165, 1.54) is 77.9 Å². The van der Waals surface area contributed by atoms with Gasteiger partial charge in [-0.15, -0.1) is 0 Å². The average molecular weight is 466 g/mol. The topological polar surface area (TPSA) is 78.5 Å². The first kappa shape index (κ1) is 27.6. The molecule has 1 aromatic rings. The van der Waals surface area contributed by atoms with Crippen LogP contribution >= 0.6 is 0 Å². The number of nitrogens with zero attached hydrogens (tertiary/aromatic N) is 3. The molecule has 0 N–H and O–H groups in total. The van der Waals surface area contributed by atoms with Gasteiger partial charge in [-0.2, -0.15) is 0 Å². The smallest absolute Gasteiger partial charge is 0.336 e. The molecular formula is C26H47N3O4. The van der Waals surface area contributed by atoms with Crippen LogP contribution in [-0.4, -0.2) is 26.4 Å². The van der Waals surface area contributed by atoms with E-state index < -0.39 is 17.1 Å². The standard InChI is InChI=1S/C26H47N3O4/c1-3-5-7-9-11-13-15-17-19-27-24(30)28(20-18-16-14-12-10-8-6-4-2)26(32)29(25(27)31)21-23-22-33-23/h23H,3-22H2,1-2H3. The molecule has 0 spiro atoms. The summed E-state index contributed by atoms with van der Waals surface area (Å²) in [6.07, 6.45) is 18.3. The maximum absolute atomic E-state index is 13.0. The van der Waals surface area contributed by atoms with Crippen molar-refractivity contribution in [2.45, 2.75) is 142 Å². The van der Waals surface area contributed by atoms with Crippen LogP contribution in [0.1, 0.15) is 117 Å². The minimum Gasteiger partial charge on any atom is -0.371 e. The van der Waals surface area contributed by atoms with Crippen LogP contribution in [0.4, 0.5) is 0 Å². The van der Waals surface area contributed by atoms with E-state index in [0.29, 0.717) is 19.7 Å². The Bertz CT molecular complexity index is 777. The second kappa shape index (κ2) is 16.1. The number of rotatable bonds is 20. The van der Waals surface area contributed by atoms with Crippen LogP contribution in [0.2, 0.25) is 0 Å². The summed E-state index contributed by atoms with van der Waals surface area (Å²) >= 11 is 0. The van der Waals surface area contributed by atoms with Crippen molar-refractivity contribution in [1.29, 1.82) is 0 Å². The predicted octanol–water partition coefficient (Wildman–Crippen LogP) is 4.85. The zero-order valence-corrected chi connectivity index (χ0v) is 21.2. The minimum atomic E-state index is -0.476. The number of aromatic nitrogens is 3. The molecule has 0 aromatic carbocycles. The summed E-state index contributed by atoms with van der Waals surface area (Å²) in [5.74, 6) is 0. The fourth-order valence-electron chi connectivity index (χ4n) is 4.41. The number of hydrogen-bond acceptors (Lipinski definition) is 4. The van der Waals surface area contributed by atoms with Gasteiger partial charge in [0.25, 0.3) is 0 Å². The fraction of sp³-hybridized carbons (Fsp3) is 0.885. The van der Waals surface area contributed by atoms with Crippen LogP contribution in [0.5, 0.6) is 0 Å². The molecule has 7 heteroatoms. The van der Waals surface area contributed by atoms with Gasteiger partial charge in [-0.05, 0) is 12.8 Å². The van der Waals surface area contributed by atoms with Crippen molar-refractivity contribution in [1.82, 2.24) is 13.7 Å². The van der Waals surface area contributed by atoms with E-state index in [1.807, 2.05) is 0 Å². The largest absolute Gasteiger partial charge is 0.371 e. The molecule has 0 aliphatic carbocycles. The van der Waals surface area contributed by atoms with Crippen molar-refractivity contribution in [3.63, 3.8) is 0 Å².